The summed E-state index contributed by atoms with van der Waals surface area (Å²) in [5.41, 5.74) is 4.71. The van der Waals surface area contributed by atoms with E-state index in [-0.39, 0.29) is 17.8 Å². The van der Waals surface area contributed by atoms with Crippen molar-refractivity contribution in [3.63, 3.8) is 0 Å². The Balaban J connectivity index is 1.48. The highest BCUT2D eigenvalue weighted by Gasteiger charge is 2.26. The van der Waals surface area contributed by atoms with E-state index in [9.17, 15) is 9.18 Å². The van der Waals surface area contributed by atoms with Gasteiger partial charge in [-0.1, -0.05) is 0 Å². The molecule has 0 saturated heterocycles. The fourth-order valence-corrected chi connectivity index (χ4v) is 4.02. The number of nitrogens with one attached hydrogen (secondary N) is 3. The third kappa shape index (κ3) is 2.39. The Bertz CT molecular complexity index is 1140. The average molecular weight is 347 g/mol. The van der Waals surface area contributed by atoms with Crippen LogP contribution < -0.4 is 5.32 Å². The van der Waals surface area contributed by atoms with Crippen LogP contribution in [0.3, 0.4) is 0 Å². The molecule has 1 aliphatic carbocycles. The summed E-state index contributed by atoms with van der Waals surface area (Å²) in [6, 6.07) is 12.3. The minimum Gasteiger partial charge on any atom is -0.361 e. The number of fused-ring (bicyclic) bond motifs is 4. The summed E-state index contributed by atoms with van der Waals surface area (Å²) < 4.78 is 13.6. The third-order valence-corrected chi connectivity index (χ3v) is 5.29. The number of carbonyl (C=O) groups is 1. The zero-order valence-electron chi connectivity index (χ0n) is 14.1. The van der Waals surface area contributed by atoms with E-state index < -0.39 is 0 Å². The number of rotatable bonds is 2. The molecule has 1 atom stereocenters. The van der Waals surface area contributed by atoms with E-state index in [0.29, 0.717) is 5.56 Å². The number of aromatic amines is 2. The number of carbonyl (C=O) groups excluding carboxylic acids is 1. The molecule has 5 rings (SSSR count). The fraction of sp³-hybridized carbons (Fsp3) is 0.190. The maximum atomic E-state index is 13.6. The molecule has 4 aromatic rings. The molecule has 5 heteroatoms. The second-order valence-electron chi connectivity index (χ2n) is 6.91. The minimum atomic E-state index is -0.231. The molecule has 0 aliphatic heterocycles. The molecule has 1 unspecified atom stereocenters. The molecule has 2 aromatic carbocycles. The topological polar surface area (TPSA) is 60.7 Å². The van der Waals surface area contributed by atoms with Crippen molar-refractivity contribution >= 4 is 27.7 Å². The maximum absolute atomic E-state index is 13.6. The Morgan fingerprint density at radius 1 is 1.12 bits per heavy atom. The number of benzene rings is 2. The molecule has 0 fully saturated rings. The molecule has 2 heterocycles. The molecule has 130 valence electrons. The van der Waals surface area contributed by atoms with Crippen molar-refractivity contribution in [2.24, 2.45) is 0 Å². The quantitative estimate of drug-likeness (QED) is 0.488. The largest absolute Gasteiger partial charge is 0.361 e. The molecule has 26 heavy (non-hydrogen) atoms. The first kappa shape index (κ1) is 15.2. The molecule has 0 saturated carbocycles. The van der Waals surface area contributed by atoms with Gasteiger partial charge in [0.25, 0.3) is 5.91 Å². The van der Waals surface area contributed by atoms with Crippen LogP contribution in [0.15, 0.2) is 48.7 Å². The van der Waals surface area contributed by atoms with Gasteiger partial charge in [-0.15, -0.1) is 0 Å². The van der Waals surface area contributed by atoms with Gasteiger partial charge in [0.2, 0.25) is 0 Å². The van der Waals surface area contributed by atoms with Crippen molar-refractivity contribution in [3.8, 4) is 0 Å². The highest BCUT2D eigenvalue weighted by molar-refractivity contribution is 5.98. The van der Waals surface area contributed by atoms with Gasteiger partial charge in [-0.3, -0.25) is 4.79 Å². The number of aromatic nitrogens is 2. The smallest absolute Gasteiger partial charge is 0.251 e. The SMILES string of the molecule is O=C(NC1CCCc2c1[nH]c1ccc(F)cc21)c1ccc2[nH]ccc2c1. The normalized spacial score (nSPS) is 16.7. The Kier molecular flexibility index (Phi) is 3.35. The van der Waals surface area contributed by atoms with Crippen LogP contribution in [0.2, 0.25) is 0 Å². The number of halogens is 1. The molecular weight excluding hydrogens is 329 g/mol. The summed E-state index contributed by atoms with van der Waals surface area (Å²) in [5, 5.41) is 5.09. The Morgan fingerprint density at radius 2 is 2.00 bits per heavy atom. The van der Waals surface area contributed by atoms with Crippen LogP contribution in [0.4, 0.5) is 4.39 Å². The van der Waals surface area contributed by atoms with E-state index in [4.69, 9.17) is 0 Å². The first-order chi connectivity index (χ1) is 12.7. The number of amides is 1. The lowest BCUT2D eigenvalue weighted by Crippen LogP contribution is -2.31. The van der Waals surface area contributed by atoms with Gasteiger partial charge in [-0.25, -0.2) is 4.39 Å². The average Bonchev–Trinajstić information content (AvgIpc) is 3.25. The highest BCUT2D eigenvalue weighted by Crippen LogP contribution is 2.35. The number of hydrogen-bond donors (Lipinski definition) is 3. The lowest BCUT2D eigenvalue weighted by Gasteiger charge is -2.24. The van der Waals surface area contributed by atoms with Crippen LogP contribution in [0.25, 0.3) is 21.8 Å². The van der Waals surface area contributed by atoms with Gasteiger partial charge in [0.05, 0.1) is 6.04 Å². The van der Waals surface area contributed by atoms with E-state index in [1.807, 2.05) is 30.5 Å². The Labute approximate surface area is 149 Å². The minimum absolute atomic E-state index is 0.0800. The molecule has 0 radical (unpaired) electrons. The zero-order valence-corrected chi connectivity index (χ0v) is 14.1. The van der Waals surface area contributed by atoms with Gasteiger partial charge in [0.1, 0.15) is 5.82 Å². The summed E-state index contributed by atoms with van der Waals surface area (Å²) in [4.78, 5) is 19.3. The van der Waals surface area contributed by atoms with Crippen molar-refractivity contribution < 1.29 is 9.18 Å². The van der Waals surface area contributed by atoms with Gasteiger partial charge in [-0.05, 0) is 67.3 Å². The van der Waals surface area contributed by atoms with E-state index in [2.05, 4.69) is 15.3 Å². The predicted molar refractivity (Wildman–Crippen MR) is 99.7 cm³/mol. The van der Waals surface area contributed by atoms with Crippen molar-refractivity contribution in [1.29, 1.82) is 0 Å². The van der Waals surface area contributed by atoms with Crippen LogP contribution in [-0.4, -0.2) is 15.9 Å². The molecule has 4 nitrogen and oxygen atoms in total. The molecule has 0 bridgehead atoms. The van der Waals surface area contributed by atoms with Crippen LogP contribution >= 0.6 is 0 Å². The Morgan fingerprint density at radius 3 is 2.92 bits per heavy atom. The lowest BCUT2D eigenvalue weighted by atomic mass is 9.91. The van der Waals surface area contributed by atoms with E-state index in [0.717, 1.165) is 52.3 Å². The number of aryl methyl sites for hydroxylation is 1. The molecule has 1 aliphatic rings. The standard InChI is InChI=1S/C21H18FN3O/c22-14-5-7-18-16(11-14)15-2-1-3-19(20(15)24-18)25-21(26)13-4-6-17-12(10-13)8-9-23-17/h4-11,19,23-24H,1-3H2,(H,25,26). The zero-order chi connectivity index (χ0) is 17.7. The molecule has 1 amide bonds. The molecule has 3 N–H and O–H groups in total. The predicted octanol–water partition coefficient (Wildman–Crippen LogP) is 4.60. The molecular formula is C21H18FN3O. The summed E-state index contributed by atoms with van der Waals surface area (Å²) >= 11 is 0. The van der Waals surface area contributed by atoms with Gasteiger partial charge in [-0.2, -0.15) is 0 Å². The second-order valence-corrected chi connectivity index (χ2v) is 6.91. The van der Waals surface area contributed by atoms with Gasteiger partial charge in [0.15, 0.2) is 0 Å². The summed E-state index contributed by atoms with van der Waals surface area (Å²) in [7, 11) is 0. The van der Waals surface area contributed by atoms with Crippen LogP contribution in [-0.2, 0) is 6.42 Å². The van der Waals surface area contributed by atoms with E-state index in [1.165, 1.54) is 6.07 Å². The third-order valence-electron chi connectivity index (χ3n) is 5.29. The van der Waals surface area contributed by atoms with Gasteiger partial charge >= 0.3 is 0 Å². The summed E-state index contributed by atoms with van der Waals surface area (Å²) in [6.07, 6.45) is 4.61. The number of H-pyrrole nitrogens is 2. The van der Waals surface area contributed by atoms with Crippen LogP contribution in [0.1, 0.15) is 40.5 Å². The number of hydrogen-bond acceptors (Lipinski definition) is 1. The fourth-order valence-electron chi connectivity index (χ4n) is 4.02. The van der Waals surface area contributed by atoms with Crippen molar-refractivity contribution in [1.82, 2.24) is 15.3 Å². The van der Waals surface area contributed by atoms with Crippen LogP contribution in [0.5, 0.6) is 0 Å². The highest BCUT2D eigenvalue weighted by atomic mass is 19.1. The first-order valence-corrected chi connectivity index (χ1v) is 8.87. The summed E-state index contributed by atoms with van der Waals surface area (Å²) in [5.74, 6) is -0.318. The van der Waals surface area contributed by atoms with Gasteiger partial charge < -0.3 is 15.3 Å². The van der Waals surface area contributed by atoms with E-state index >= 15 is 0 Å². The lowest BCUT2D eigenvalue weighted by molar-refractivity contribution is 0.0932. The monoisotopic (exact) mass is 347 g/mol. The first-order valence-electron chi connectivity index (χ1n) is 8.87. The second kappa shape index (κ2) is 5.73. The maximum Gasteiger partial charge on any atom is 0.251 e. The van der Waals surface area contributed by atoms with Crippen molar-refractivity contribution in [2.75, 3.05) is 0 Å². The molecule has 2 aromatic heterocycles. The van der Waals surface area contributed by atoms with Gasteiger partial charge in [0, 0.05) is 39.3 Å². The van der Waals surface area contributed by atoms with E-state index in [1.54, 1.807) is 12.1 Å². The summed E-state index contributed by atoms with van der Waals surface area (Å²) in [6.45, 7) is 0. The van der Waals surface area contributed by atoms with Crippen molar-refractivity contribution in [3.05, 3.63) is 71.3 Å². The molecule has 0 spiro atoms. The van der Waals surface area contributed by atoms with Crippen LogP contribution in [0, 0.1) is 5.82 Å². The Hall–Kier alpha value is -3.08. The van der Waals surface area contributed by atoms with Crippen molar-refractivity contribution in [2.45, 2.75) is 25.3 Å².